The SMILES string of the molecule is Cc1nc(CC(=O)N[C@H](Cc2c[nH]c3ccccc23)C(=O)O)cs1. The molecule has 0 radical (unpaired) electrons. The molecule has 0 bridgehead atoms. The van der Waals surface area contributed by atoms with Gasteiger partial charge in [0.1, 0.15) is 6.04 Å². The van der Waals surface area contributed by atoms with E-state index in [0.717, 1.165) is 21.5 Å². The molecule has 7 heteroatoms. The van der Waals surface area contributed by atoms with Crippen LogP contribution in [0.25, 0.3) is 10.9 Å². The van der Waals surface area contributed by atoms with E-state index in [1.165, 1.54) is 11.3 Å². The van der Waals surface area contributed by atoms with Gasteiger partial charge in [-0.05, 0) is 18.6 Å². The number of rotatable bonds is 6. The van der Waals surface area contributed by atoms with Gasteiger partial charge in [0.15, 0.2) is 0 Å². The number of hydrogen-bond acceptors (Lipinski definition) is 4. The molecule has 1 amide bonds. The first kappa shape index (κ1) is 16.2. The Balaban J connectivity index is 1.70. The van der Waals surface area contributed by atoms with Crippen LogP contribution < -0.4 is 5.32 Å². The molecule has 24 heavy (non-hydrogen) atoms. The van der Waals surface area contributed by atoms with Crippen molar-refractivity contribution < 1.29 is 14.7 Å². The van der Waals surface area contributed by atoms with Crippen molar-refractivity contribution in [2.75, 3.05) is 0 Å². The molecule has 6 nitrogen and oxygen atoms in total. The fourth-order valence-corrected chi connectivity index (χ4v) is 3.23. The molecule has 2 heterocycles. The van der Waals surface area contributed by atoms with Gasteiger partial charge in [-0.25, -0.2) is 9.78 Å². The summed E-state index contributed by atoms with van der Waals surface area (Å²) in [7, 11) is 0. The number of amides is 1. The van der Waals surface area contributed by atoms with Crippen molar-refractivity contribution in [1.82, 2.24) is 15.3 Å². The number of aliphatic carboxylic acids is 1. The molecule has 0 aliphatic rings. The van der Waals surface area contributed by atoms with Crippen molar-refractivity contribution in [2.24, 2.45) is 0 Å². The third-order valence-electron chi connectivity index (χ3n) is 3.74. The smallest absolute Gasteiger partial charge is 0.326 e. The second kappa shape index (κ2) is 6.84. The molecule has 2 aromatic heterocycles. The van der Waals surface area contributed by atoms with Crippen LogP contribution in [0.15, 0.2) is 35.8 Å². The summed E-state index contributed by atoms with van der Waals surface area (Å²) in [6.07, 6.45) is 2.10. The van der Waals surface area contributed by atoms with Crippen molar-refractivity contribution in [3.8, 4) is 0 Å². The standard InChI is InChI=1S/C17H17N3O3S/c1-10-19-12(9-24-10)7-16(21)20-15(17(22)23)6-11-8-18-14-5-3-2-4-13(11)14/h2-5,8-9,15,18H,6-7H2,1H3,(H,20,21)(H,22,23)/t15-/m1/s1. The molecular weight excluding hydrogens is 326 g/mol. The number of carboxylic acids is 1. The van der Waals surface area contributed by atoms with E-state index in [1.54, 1.807) is 6.20 Å². The first-order chi connectivity index (χ1) is 11.5. The van der Waals surface area contributed by atoms with Gasteiger partial charge < -0.3 is 15.4 Å². The highest BCUT2D eigenvalue weighted by Crippen LogP contribution is 2.19. The Morgan fingerprint density at radius 2 is 2.17 bits per heavy atom. The van der Waals surface area contributed by atoms with Gasteiger partial charge in [-0.15, -0.1) is 11.3 Å². The summed E-state index contributed by atoms with van der Waals surface area (Å²) in [5.74, 6) is -1.39. The Labute approximate surface area is 142 Å². The number of nitrogens with zero attached hydrogens (tertiary/aromatic N) is 1. The average Bonchev–Trinajstić information content (AvgIpc) is 3.13. The molecule has 1 atom stereocenters. The number of aromatic nitrogens is 2. The highest BCUT2D eigenvalue weighted by atomic mass is 32.1. The predicted molar refractivity (Wildman–Crippen MR) is 92.1 cm³/mol. The second-order valence-electron chi connectivity index (χ2n) is 5.56. The van der Waals surface area contributed by atoms with Crippen molar-refractivity contribution >= 4 is 34.1 Å². The van der Waals surface area contributed by atoms with Crippen LogP contribution in [0.2, 0.25) is 0 Å². The van der Waals surface area contributed by atoms with Gasteiger partial charge in [-0.2, -0.15) is 0 Å². The number of thiazole rings is 1. The van der Waals surface area contributed by atoms with Gasteiger partial charge in [-0.3, -0.25) is 4.79 Å². The van der Waals surface area contributed by atoms with Crippen molar-refractivity contribution in [3.05, 3.63) is 52.1 Å². The van der Waals surface area contributed by atoms with E-state index in [2.05, 4.69) is 15.3 Å². The maximum Gasteiger partial charge on any atom is 0.326 e. The summed E-state index contributed by atoms with van der Waals surface area (Å²) in [6.45, 7) is 1.86. The molecule has 0 saturated heterocycles. The average molecular weight is 343 g/mol. The van der Waals surface area contributed by atoms with Crippen LogP contribution in [-0.4, -0.2) is 33.0 Å². The van der Waals surface area contributed by atoms with Crippen LogP contribution >= 0.6 is 11.3 Å². The van der Waals surface area contributed by atoms with Crippen molar-refractivity contribution in [2.45, 2.75) is 25.8 Å². The Morgan fingerprint density at radius 3 is 2.88 bits per heavy atom. The van der Waals surface area contributed by atoms with Gasteiger partial charge in [0.25, 0.3) is 0 Å². The first-order valence-electron chi connectivity index (χ1n) is 7.51. The van der Waals surface area contributed by atoms with Gasteiger partial charge >= 0.3 is 5.97 Å². The van der Waals surface area contributed by atoms with E-state index >= 15 is 0 Å². The maximum absolute atomic E-state index is 12.1. The zero-order chi connectivity index (χ0) is 17.1. The van der Waals surface area contributed by atoms with Gasteiger partial charge in [0.05, 0.1) is 17.1 Å². The molecule has 3 rings (SSSR count). The van der Waals surface area contributed by atoms with Crippen LogP contribution in [-0.2, 0) is 22.4 Å². The number of benzene rings is 1. The second-order valence-corrected chi connectivity index (χ2v) is 6.62. The monoisotopic (exact) mass is 343 g/mol. The van der Waals surface area contributed by atoms with E-state index in [1.807, 2.05) is 36.6 Å². The number of aryl methyl sites for hydroxylation is 1. The minimum Gasteiger partial charge on any atom is -0.480 e. The number of fused-ring (bicyclic) bond motifs is 1. The molecule has 3 aromatic rings. The Hall–Kier alpha value is -2.67. The molecule has 1 aromatic carbocycles. The lowest BCUT2D eigenvalue weighted by molar-refractivity contribution is -0.141. The molecule has 0 fully saturated rings. The molecule has 3 N–H and O–H groups in total. The van der Waals surface area contributed by atoms with Gasteiger partial charge in [-0.1, -0.05) is 18.2 Å². The summed E-state index contributed by atoms with van der Waals surface area (Å²) >= 11 is 1.47. The number of hydrogen-bond donors (Lipinski definition) is 3. The van der Waals surface area contributed by atoms with Crippen molar-refractivity contribution in [3.63, 3.8) is 0 Å². The highest BCUT2D eigenvalue weighted by molar-refractivity contribution is 7.09. The predicted octanol–water partition coefficient (Wildman–Crippen LogP) is 2.29. The summed E-state index contributed by atoms with van der Waals surface area (Å²) in [5.41, 5.74) is 2.47. The molecule has 0 unspecified atom stereocenters. The zero-order valence-corrected chi connectivity index (χ0v) is 13.9. The number of aromatic amines is 1. The fourth-order valence-electron chi connectivity index (χ4n) is 2.62. The lowest BCUT2D eigenvalue weighted by Gasteiger charge is -2.14. The summed E-state index contributed by atoms with van der Waals surface area (Å²) in [6, 6.07) is 6.70. The Morgan fingerprint density at radius 1 is 1.38 bits per heavy atom. The molecule has 0 spiro atoms. The van der Waals surface area contributed by atoms with Crippen LogP contribution in [0.3, 0.4) is 0 Å². The third-order valence-corrected chi connectivity index (χ3v) is 4.56. The highest BCUT2D eigenvalue weighted by Gasteiger charge is 2.22. The minimum atomic E-state index is -1.05. The summed E-state index contributed by atoms with van der Waals surface area (Å²) < 4.78 is 0. The first-order valence-corrected chi connectivity index (χ1v) is 8.39. The Bertz CT molecular complexity index is 884. The Kier molecular flexibility index (Phi) is 4.61. The topological polar surface area (TPSA) is 95.1 Å². The van der Waals surface area contributed by atoms with Crippen LogP contribution in [0.1, 0.15) is 16.3 Å². The van der Waals surface area contributed by atoms with Crippen LogP contribution in [0, 0.1) is 6.92 Å². The van der Waals surface area contributed by atoms with E-state index < -0.39 is 12.0 Å². The summed E-state index contributed by atoms with van der Waals surface area (Å²) in [4.78, 5) is 31.0. The lowest BCUT2D eigenvalue weighted by atomic mass is 10.0. The molecule has 124 valence electrons. The normalized spacial score (nSPS) is 12.2. The maximum atomic E-state index is 12.1. The van der Waals surface area contributed by atoms with E-state index in [0.29, 0.717) is 5.69 Å². The largest absolute Gasteiger partial charge is 0.480 e. The molecule has 0 aliphatic carbocycles. The number of nitrogens with one attached hydrogen (secondary N) is 2. The fraction of sp³-hybridized carbons (Fsp3) is 0.235. The number of para-hydroxylation sites is 1. The molecule has 0 saturated carbocycles. The quantitative estimate of drug-likeness (QED) is 0.640. The van der Waals surface area contributed by atoms with Crippen molar-refractivity contribution in [1.29, 1.82) is 0 Å². The number of carbonyl (C=O) groups is 2. The minimum absolute atomic E-state index is 0.0853. The van der Waals surface area contributed by atoms with Gasteiger partial charge in [0.2, 0.25) is 5.91 Å². The van der Waals surface area contributed by atoms with E-state index in [4.69, 9.17) is 0 Å². The molecule has 0 aliphatic heterocycles. The van der Waals surface area contributed by atoms with E-state index in [-0.39, 0.29) is 18.7 Å². The van der Waals surface area contributed by atoms with Crippen LogP contribution in [0.4, 0.5) is 0 Å². The van der Waals surface area contributed by atoms with Gasteiger partial charge in [0, 0.05) is 28.9 Å². The lowest BCUT2D eigenvalue weighted by Crippen LogP contribution is -2.43. The molecular formula is C17H17N3O3S. The zero-order valence-electron chi connectivity index (χ0n) is 13.1. The number of H-pyrrole nitrogens is 1. The summed E-state index contributed by atoms with van der Waals surface area (Å²) in [5, 5.41) is 15.7. The van der Waals surface area contributed by atoms with E-state index in [9.17, 15) is 14.7 Å². The third kappa shape index (κ3) is 3.62. The number of carbonyl (C=O) groups excluding carboxylic acids is 1. The van der Waals surface area contributed by atoms with Crippen LogP contribution in [0.5, 0.6) is 0 Å². The number of carboxylic acid groups (broad SMARTS) is 1.